The fraction of sp³-hybridized carbons (Fsp3) is 0.308. The molecule has 0 aliphatic rings. The van der Waals surface area contributed by atoms with Crippen LogP contribution in [0, 0.1) is 5.92 Å². The Bertz CT molecular complexity index is 417. The zero-order valence-electron chi connectivity index (χ0n) is 9.10. The average molecular weight is 201 g/mol. The number of hydrogen-bond donors (Lipinski definition) is 0. The molecule has 1 heterocycles. The smallest absolute Gasteiger partial charge is 0.167 e. The maximum absolute atomic E-state index is 5.30. The summed E-state index contributed by atoms with van der Waals surface area (Å²) in [5.41, 5.74) is 2.11. The molecule has 0 aliphatic heterocycles. The molecule has 2 rings (SSSR count). The van der Waals surface area contributed by atoms with E-state index in [0.717, 1.165) is 23.4 Å². The standard InChI is InChI=1S/C13H15NO/c1-10(2)8-12-9-13(15-14-12)11-6-4-3-5-7-11/h3-7,9-10H,8H2,1-2H3. The van der Waals surface area contributed by atoms with Gasteiger partial charge in [0.05, 0.1) is 5.69 Å². The van der Waals surface area contributed by atoms with Crippen molar-refractivity contribution in [3.63, 3.8) is 0 Å². The summed E-state index contributed by atoms with van der Waals surface area (Å²) in [5, 5.41) is 4.06. The zero-order chi connectivity index (χ0) is 10.7. The van der Waals surface area contributed by atoms with Crippen molar-refractivity contribution in [1.82, 2.24) is 5.16 Å². The van der Waals surface area contributed by atoms with Crippen LogP contribution in [0.25, 0.3) is 11.3 Å². The highest BCUT2D eigenvalue weighted by molar-refractivity contribution is 5.56. The Morgan fingerprint density at radius 2 is 1.93 bits per heavy atom. The van der Waals surface area contributed by atoms with Crippen LogP contribution >= 0.6 is 0 Å². The van der Waals surface area contributed by atoms with Crippen LogP contribution in [0.15, 0.2) is 40.9 Å². The molecule has 1 aromatic heterocycles. The number of aromatic nitrogens is 1. The third kappa shape index (κ3) is 2.46. The molecule has 0 aliphatic carbocycles. The summed E-state index contributed by atoms with van der Waals surface area (Å²) in [6, 6.07) is 12.1. The van der Waals surface area contributed by atoms with Crippen LogP contribution < -0.4 is 0 Å². The summed E-state index contributed by atoms with van der Waals surface area (Å²) >= 11 is 0. The lowest BCUT2D eigenvalue weighted by Crippen LogP contribution is -1.92. The number of benzene rings is 1. The molecule has 0 saturated heterocycles. The highest BCUT2D eigenvalue weighted by Gasteiger charge is 2.07. The van der Waals surface area contributed by atoms with E-state index in [2.05, 4.69) is 19.0 Å². The first-order valence-electron chi connectivity index (χ1n) is 5.26. The molecule has 0 amide bonds. The van der Waals surface area contributed by atoms with E-state index in [1.165, 1.54) is 0 Å². The fourth-order valence-corrected chi connectivity index (χ4v) is 1.56. The van der Waals surface area contributed by atoms with Crippen LogP contribution in [0.4, 0.5) is 0 Å². The van der Waals surface area contributed by atoms with E-state index in [0.29, 0.717) is 5.92 Å². The number of hydrogen-bond acceptors (Lipinski definition) is 2. The summed E-state index contributed by atoms with van der Waals surface area (Å²) in [6.45, 7) is 4.35. The molecule has 0 unspecified atom stereocenters. The van der Waals surface area contributed by atoms with Crippen molar-refractivity contribution in [1.29, 1.82) is 0 Å². The maximum atomic E-state index is 5.30. The van der Waals surface area contributed by atoms with Gasteiger partial charge in [0.2, 0.25) is 0 Å². The third-order valence-corrected chi connectivity index (χ3v) is 2.23. The van der Waals surface area contributed by atoms with Crippen LogP contribution in [0.2, 0.25) is 0 Å². The Balaban J connectivity index is 2.21. The monoisotopic (exact) mass is 201 g/mol. The van der Waals surface area contributed by atoms with E-state index in [-0.39, 0.29) is 0 Å². The zero-order valence-corrected chi connectivity index (χ0v) is 9.10. The molecule has 78 valence electrons. The van der Waals surface area contributed by atoms with Gasteiger partial charge in [-0.25, -0.2) is 0 Å². The Hall–Kier alpha value is -1.57. The molecule has 0 atom stereocenters. The second kappa shape index (κ2) is 4.30. The average Bonchev–Trinajstić information content (AvgIpc) is 2.67. The van der Waals surface area contributed by atoms with E-state index in [9.17, 15) is 0 Å². The van der Waals surface area contributed by atoms with E-state index < -0.39 is 0 Å². The highest BCUT2D eigenvalue weighted by atomic mass is 16.5. The largest absolute Gasteiger partial charge is 0.356 e. The lowest BCUT2D eigenvalue weighted by Gasteiger charge is -1.97. The molecule has 0 N–H and O–H groups in total. The Morgan fingerprint density at radius 3 is 2.60 bits per heavy atom. The van der Waals surface area contributed by atoms with Crippen LogP contribution in [-0.2, 0) is 6.42 Å². The van der Waals surface area contributed by atoms with Gasteiger partial charge in [-0.05, 0) is 12.3 Å². The number of rotatable bonds is 3. The second-order valence-corrected chi connectivity index (χ2v) is 4.15. The summed E-state index contributed by atoms with van der Waals surface area (Å²) in [6.07, 6.45) is 0.969. The molecular formula is C13H15NO. The highest BCUT2D eigenvalue weighted by Crippen LogP contribution is 2.20. The van der Waals surface area contributed by atoms with Crippen molar-refractivity contribution < 1.29 is 4.52 Å². The van der Waals surface area contributed by atoms with Gasteiger partial charge in [0.15, 0.2) is 5.76 Å². The Morgan fingerprint density at radius 1 is 1.20 bits per heavy atom. The summed E-state index contributed by atoms with van der Waals surface area (Å²) in [7, 11) is 0. The lowest BCUT2D eigenvalue weighted by molar-refractivity contribution is 0.418. The van der Waals surface area contributed by atoms with Gasteiger partial charge < -0.3 is 4.52 Å². The first kappa shape index (κ1) is 9.97. The SMILES string of the molecule is CC(C)Cc1cc(-c2ccccc2)on1. The molecule has 1 aromatic carbocycles. The van der Waals surface area contributed by atoms with E-state index in [4.69, 9.17) is 4.52 Å². The van der Waals surface area contributed by atoms with Crippen LogP contribution in [0.1, 0.15) is 19.5 Å². The van der Waals surface area contributed by atoms with E-state index >= 15 is 0 Å². The predicted octanol–water partition coefficient (Wildman–Crippen LogP) is 3.54. The second-order valence-electron chi connectivity index (χ2n) is 4.15. The van der Waals surface area contributed by atoms with Crippen LogP contribution in [0.5, 0.6) is 0 Å². The minimum atomic E-state index is 0.610. The summed E-state index contributed by atoms with van der Waals surface area (Å²) in [4.78, 5) is 0. The van der Waals surface area contributed by atoms with Crippen molar-refractivity contribution in [2.24, 2.45) is 5.92 Å². The van der Waals surface area contributed by atoms with Crippen molar-refractivity contribution in [3.8, 4) is 11.3 Å². The quantitative estimate of drug-likeness (QED) is 0.759. The normalized spacial score (nSPS) is 10.9. The van der Waals surface area contributed by atoms with Gasteiger partial charge in [-0.15, -0.1) is 0 Å². The van der Waals surface area contributed by atoms with Gasteiger partial charge in [-0.3, -0.25) is 0 Å². The first-order chi connectivity index (χ1) is 7.25. The molecule has 0 spiro atoms. The first-order valence-corrected chi connectivity index (χ1v) is 5.26. The topological polar surface area (TPSA) is 26.0 Å². The van der Waals surface area contributed by atoms with Gasteiger partial charge in [0.1, 0.15) is 0 Å². The van der Waals surface area contributed by atoms with Gasteiger partial charge in [0, 0.05) is 11.6 Å². The molecule has 0 fully saturated rings. The third-order valence-electron chi connectivity index (χ3n) is 2.23. The van der Waals surface area contributed by atoms with Gasteiger partial charge in [-0.1, -0.05) is 49.3 Å². The molecule has 2 nitrogen and oxygen atoms in total. The van der Waals surface area contributed by atoms with Gasteiger partial charge in [-0.2, -0.15) is 0 Å². The molecule has 0 bridgehead atoms. The van der Waals surface area contributed by atoms with E-state index in [1.807, 2.05) is 36.4 Å². The van der Waals surface area contributed by atoms with Crippen LogP contribution in [-0.4, -0.2) is 5.16 Å². The van der Waals surface area contributed by atoms with E-state index in [1.54, 1.807) is 0 Å². The maximum Gasteiger partial charge on any atom is 0.167 e. The molecule has 2 aromatic rings. The molecule has 0 radical (unpaired) electrons. The molecule has 15 heavy (non-hydrogen) atoms. The van der Waals surface area contributed by atoms with Crippen molar-refractivity contribution in [2.45, 2.75) is 20.3 Å². The molecule has 0 saturated carbocycles. The van der Waals surface area contributed by atoms with Crippen molar-refractivity contribution >= 4 is 0 Å². The molecular weight excluding hydrogens is 186 g/mol. The number of nitrogens with zero attached hydrogens (tertiary/aromatic N) is 1. The fourth-order valence-electron chi connectivity index (χ4n) is 1.56. The summed E-state index contributed by atoms with van der Waals surface area (Å²) < 4.78 is 5.30. The Labute approximate surface area is 89.9 Å². The lowest BCUT2D eigenvalue weighted by atomic mass is 10.1. The van der Waals surface area contributed by atoms with Crippen LogP contribution in [0.3, 0.4) is 0 Å². The van der Waals surface area contributed by atoms with Gasteiger partial charge in [0.25, 0.3) is 0 Å². The van der Waals surface area contributed by atoms with Crippen molar-refractivity contribution in [2.75, 3.05) is 0 Å². The molecule has 2 heteroatoms. The minimum absolute atomic E-state index is 0.610. The summed E-state index contributed by atoms with van der Waals surface area (Å²) in [5.74, 6) is 1.46. The Kier molecular flexibility index (Phi) is 2.86. The van der Waals surface area contributed by atoms with Gasteiger partial charge >= 0.3 is 0 Å². The van der Waals surface area contributed by atoms with Crippen molar-refractivity contribution in [3.05, 3.63) is 42.1 Å². The minimum Gasteiger partial charge on any atom is -0.356 e. The predicted molar refractivity (Wildman–Crippen MR) is 60.5 cm³/mol.